The minimum absolute atomic E-state index is 0.205. The van der Waals surface area contributed by atoms with Crippen LogP contribution >= 0.6 is 0 Å². The average Bonchev–Trinajstić information content (AvgIpc) is 2.86. The number of ether oxygens (including phenoxy) is 4. The van der Waals surface area contributed by atoms with Gasteiger partial charge in [-0.1, -0.05) is 30.4 Å². The highest BCUT2D eigenvalue weighted by atomic mass is 16.5. The summed E-state index contributed by atoms with van der Waals surface area (Å²) in [5.41, 5.74) is 0. The number of esters is 4. The van der Waals surface area contributed by atoms with Gasteiger partial charge in [0.05, 0.1) is 40.8 Å². The molecule has 12 nitrogen and oxygen atoms in total. The molecule has 200 valence electrons. The minimum atomic E-state index is -1.15. The van der Waals surface area contributed by atoms with E-state index in [1.807, 2.05) is 6.92 Å². The smallest absolute Gasteiger partial charge is 0.330 e. The summed E-state index contributed by atoms with van der Waals surface area (Å²) in [6.45, 7) is 5.33. The zero-order valence-corrected chi connectivity index (χ0v) is 20.7. The van der Waals surface area contributed by atoms with Gasteiger partial charge in [0.1, 0.15) is 0 Å². The third-order valence-corrected chi connectivity index (χ3v) is 3.62. The maximum Gasteiger partial charge on any atom is 0.330 e. The van der Waals surface area contributed by atoms with Crippen molar-refractivity contribution in [2.75, 3.05) is 28.4 Å². The number of methoxy groups -OCH3 is 4. The molecule has 0 aromatic rings. The lowest BCUT2D eigenvalue weighted by Gasteiger charge is -2.18. The molecular weight excluding hydrogens is 480 g/mol. The van der Waals surface area contributed by atoms with Crippen LogP contribution in [0.2, 0.25) is 0 Å². The van der Waals surface area contributed by atoms with Gasteiger partial charge < -0.3 is 29.2 Å². The van der Waals surface area contributed by atoms with E-state index in [-0.39, 0.29) is 6.42 Å². The van der Waals surface area contributed by atoms with E-state index < -0.39 is 47.7 Å². The first-order valence-electron chi connectivity index (χ1n) is 9.98. The summed E-state index contributed by atoms with van der Waals surface area (Å²) in [6.07, 6.45) is 11.3. The highest BCUT2D eigenvalue weighted by molar-refractivity contribution is 5.91. The van der Waals surface area contributed by atoms with E-state index in [1.165, 1.54) is 46.7 Å². The quantitative estimate of drug-likeness (QED) is 0.135. The van der Waals surface area contributed by atoms with Crippen LogP contribution in [0.5, 0.6) is 0 Å². The molecule has 0 heterocycles. The first-order chi connectivity index (χ1) is 16.9. The summed E-state index contributed by atoms with van der Waals surface area (Å²) in [7, 11) is 4.84. The van der Waals surface area contributed by atoms with E-state index in [4.69, 9.17) is 10.2 Å². The molecule has 0 rings (SSSR count). The van der Waals surface area contributed by atoms with E-state index >= 15 is 0 Å². The predicted octanol–water partition coefficient (Wildman–Crippen LogP) is 1.87. The second-order valence-electron chi connectivity index (χ2n) is 6.02. The fraction of sp³-hybridized carbons (Fsp3) is 0.333. The number of hydrogen-bond donors (Lipinski definition) is 2. The largest absolute Gasteiger partial charge is 0.478 e. The van der Waals surface area contributed by atoms with Crippen LogP contribution in [0.3, 0.4) is 0 Å². The Labute approximate surface area is 209 Å². The van der Waals surface area contributed by atoms with Crippen molar-refractivity contribution in [2.24, 2.45) is 11.8 Å². The fourth-order valence-electron chi connectivity index (χ4n) is 1.88. The summed E-state index contributed by atoms with van der Waals surface area (Å²) in [5.74, 6) is -5.90. The van der Waals surface area contributed by atoms with Gasteiger partial charge in [0.15, 0.2) is 0 Å². The summed E-state index contributed by atoms with van der Waals surface area (Å²) in [4.78, 5) is 63.6. The summed E-state index contributed by atoms with van der Waals surface area (Å²) in [5, 5.41) is 16.6. The van der Waals surface area contributed by atoms with Crippen molar-refractivity contribution in [1.29, 1.82) is 0 Å². The summed E-state index contributed by atoms with van der Waals surface area (Å²) in [6, 6.07) is 0. The lowest BCUT2D eigenvalue weighted by Crippen LogP contribution is -2.26. The van der Waals surface area contributed by atoms with Crippen LogP contribution in [-0.4, -0.2) is 74.5 Å². The third-order valence-electron chi connectivity index (χ3n) is 3.62. The molecule has 12 heteroatoms. The van der Waals surface area contributed by atoms with Crippen molar-refractivity contribution in [1.82, 2.24) is 0 Å². The molecule has 0 aliphatic heterocycles. The molecule has 36 heavy (non-hydrogen) atoms. The molecule has 0 amide bonds. The number of carboxylic acid groups (broad SMARTS) is 2. The van der Waals surface area contributed by atoms with Crippen LogP contribution < -0.4 is 0 Å². The molecule has 0 fully saturated rings. The van der Waals surface area contributed by atoms with Crippen LogP contribution in [0.25, 0.3) is 0 Å². The van der Waals surface area contributed by atoms with Gasteiger partial charge in [0.25, 0.3) is 0 Å². The fourth-order valence-corrected chi connectivity index (χ4v) is 1.88. The van der Waals surface area contributed by atoms with Gasteiger partial charge in [0, 0.05) is 30.2 Å². The van der Waals surface area contributed by atoms with Gasteiger partial charge in [-0.25, -0.2) is 19.2 Å². The van der Waals surface area contributed by atoms with Gasteiger partial charge in [-0.05, 0) is 6.92 Å². The van der Waals surface area contributed by atoms with E-state index in [9.17, 15) is 28.8 Å². The molecule has 0 spiro atoms. The lowest BCUT2D eigenvalue weighted by molar-refractivity contribution is -0.152. The van der Waals surface area contributed by atoms with Crippen molar-refractivity contribution < 1.29 is 57.9 Å². The maximum absolute atomic E-state index is 11.5. The zero-order valence-electron chi connectivity index (χ0n) is 20.7. The molecule has 2 unspecified atom stereocenters. The maximum atomic E-state index is 11.5. The molecule has 0 saturated carbocycles. The molecule has 2 N–H and O–H groups in total. The van der Waals surface area contributed by atoms with E-state index in [0.29, 0.717) is 0 Å². The highest BCUT2D eigenvalue weighted by Crippen LogP contribution is 2.21. The Hall–Kier alpha value is -4.48. The number of rotatable bonds is 11. The van der Waals surface area contributed by atoms with Crippen molar-refractivity contribution in [3.63, 3.8) is 0 Å². The topological polar surface area (TPSA) is 180 Å². The van der Waals surface area contributed by atoms with Crippen molar-refractivity contribution in [3.05, 3.63) is 61.3 Å². The number of allylic oxidation sites excluding steroid dienone is 5. The average molecular weight is 513 g/mol. The molecule has 0 radical (unpaired) electrons. The lowest BCUT2D eigenvalue weighted by atomic mass is 9.89. The number of carbonyl (C=O) groups excluding carboxylic acids is 4. The Balaban J connectivity index is -0.000000508. The Morgan fingerprint density at radius 1 is 0.750 bits per heavy atom. The number of carboxylic acids is 2. The molecular formula is C24H32O12. The van der Waals surface area contributed by atoms with Crippen LogP contribution in [0.1, 0.15) is 13.3 Å². The zero-order chi connectivity index (χ0) is 28.5. The second kappa shape index (κ2) is 23.7. The Morgan fingerprint density at radius 3 is 1.58 bits per heavy atom. The third kappa shape index (κ3) is 22.7. The summed E-state index contributed by atoms with van der Waals surface area (Å²) < 4.78 is 17.5. The molecule has 0 aromatic heterocycles. The van der Waals surface area contributed by atoms with Crippen LogP contribution in [0.15, 0.2) is 61.3 Å². The van der Waals surface area contributed by atoms with Crippen molar-refractivity contribution in [3.8, 4) is 0 Å². The first kappa shape index (κ1) is 36.1. The molecule has 0 saturated heterocycles. The minimum Gasteiger partial charge on any atom is -0.478 e. The van der Waals surface area contributed by atoms with Gasteiger partial charge >= 0.3 is 35.8 Å². The Morgan fingerprint density at radius 2 is 1.25 bits per heavy atom. The molecule has 2 atom stereocenters. The second-order valence-corrected chi connectivity index (χ2v) is 6.02. The number of carbonyl (C=O) groups is 6. The molecule has 0 aromatic carbocycles. The van der Waals surface area contributed by atoms with Crippen molar-refractivity contribution in [2.45, 2.75) is 13.3 Å². The SMILES string of the molecule is C/C=C/C=C/C(=O)O.C=CC(/C=C/C(=O)O)C(CC(=O)OC)C(=O)OC.COC(=O)/C=C\C(=O)OC. The van der Waals surface area contributed by atoms with Gasteiger partial charge in [-0.15, -0.1) is 6.58 Å². The normalized spacial score (nSPS) is 11.9. The molecule has 0 bridgehead atoms. The Bertz CT molecular complexity index is 831. The van der Waals surface area contributed by atoms with Crippen LogP contribution in [-0.2, 0) is 47.7 Å². The van der Waals surface area contributed by atoms with E-state index in [2.05, 4.69) is 25.5 Å². The highest BCUT2D eigenvalue weighted by Gasteiger charge is 2.28. The van der Waals surface area contributed by atoms with Gasteiger partial charge in [-0.3, -0.25) is 9.59 Å². The van der Waals surface area contributed by atoms with Crippen LogP contribution in [0, 0.1) is 11.8 Å². The number of aliphatic carboxylic acids is 2. The molecule has 0 aliphatic carbocycles. The van der Waals surface area contributed by atoms with Crippen molar-refractivity contribution >= 4 is 35.8 Å². The van der Waals surface area contributed by atoms with E-state index in [1.54, 1.807) is 12.2 Å². The standard InChI is InChI=1S/C12H16O6.C6H8O4.C6H8O2/c1-4-8(5-6-10(13)14)9(12(16)18-3)7-11(15)17-2;1-9-5(7)3-4-6(8)10-2;1-2-3-4-5-6(7)8/h4-6,8-9H,1,7H2,2-3H3,(H,13,14);3-4H,1-2H3;2-5H,1H3,(H,7,8)/b6-5+;4-3-;3-2+,5-4+. The van der Waals surface area contributed by atoms with E-state index in [0.717, 1.165) is 24.3 Å². The molecule has 0 aliphatic rings. The number of hydrogen-bond acceptors (Lipinski definition) is 10. The van der Waals surface area contributed by atoms with Gasteiger partial charge in [0.2, 0.25) is 0 Å². The van der Waals surface area contributed by atoms with Crippen LogP contribution in [0.4, 0.5) is 0 Å². The van der Waals surface area contributed by atoms with Gasteiger partial charge in [-0.2, -0.15) is 0 Å². The first-order valence-corrected chi connectivity index (χ1v) is 9.98. The Kier molecular flexibility index (Phi) is 23.7. The monoisotopic (exact) mass is 512 g/mol. The predicted molar refractivity (Wildman–Crippen MR) is 127 cm³/mol. The summed E-state index contributed by atoms with van der Waals surface area (Å²) >= 11 is 0.